The molecule has 0 aliphatic carbocycles. The second kappa shape index (κ2) is 15.2. The van der Waals surface area contributed by atoms with Gasteiger partial charge < -0.3 is 10.8 Å². The Labute approximate surface area is 339 Å². The molecule has 7 rings (SSSR count). The highest BCUT2D eigenvalue weighted by atomic mass is 32.2. The van der Waals surface area contributed by atoms with Gasteiger partial charge >= 0.3 is 0 Å². The first-order valence-corrected chi connectivity index (χ1v) is 22.3. The molecule has 0 aliphatic rings. The molecule has 0 radical (unpaired) electrons. The molecule has 60 heavy (non-hydrogen) atoms. The number of aromatic hydroxyl groups is 1. The Kier molecular flexibility index (Phi) is 10.5. The van der Waals surface area contributed by atoms with E-state index in [0.717, 1.165) is 42.5 Å². The van der Waals surface area contributed by atoms with Crippen LogP contribution in [0.3, 0.4) is 0 Å². The van der Waals surface area contributed by atoms with Crippen molar-refractivity contribution in [1.29, 1.82) is 0 Å². The van der Waals surface area contributed by atoms with Gasteiger partial charge in [0.2, 0.25) is 0 Å². The Morgan fingerprint density at radius 1 is 0.417 bits per heavy atom. The van der Waals surface area contributed by atoms with Gasteiger partial charge in [-0.15, -0.1) is 25.6 Å². The van der Waals surface area contributed by atoms with Gasteiger partial charge in [-0.2, -0.15) is 38.8 Å². The summed E-state index contributed by atoms with van der Waals surface area (Å²) in [6, 6.07) is 22.3. The predicted molar refractivity (Wildman–Crippen MR) is 216 cm³/mol. The predicted octanol–water partition coefficient (Wildman–Crippen LogP) is 8.67. The van der Waals surface area contributed by atoms with Crippen molar-refractivity contribution >= 4 is 113 Å². The Morgan fingerprint density at radius 2 is 0.867 bits per heavy atom. The minimum Gasteiger partial charge on any atom is -0.505 e. The van der Waals surface area contributed by atoms with Gasteiger partial charge in [0.25, 0.3) is 40.5 Å². The summed E-state index contributed by atoms with van der Waals surface area (Å²) in [5.74, 6) is -0.657. The zero-order chi connectivity index (χ0) is 43.4. The van der Waals surface area contributed by atoms with Gasteiger partial charge in [0.05, 0.1) is 43.1 Å². The number of nitrogens with zero attached hydrogens (tertiary/aromatic N) is 6. The second-order valence-electron chi connectivity index (χ2n) is 12.7. The molecule has 0 atom stereocenters. The maximum absolute atomic E-state index is 12.4. The number of azo groups is 3. The van der Waals surface area contributed by atoms with Crippen LogP contribution in [0.1, 0.15) is 0 Å². The lowest BCUT2D eigenvalue weighted by atomic mass is 10.1. The number of fused-ring (bicyclic) bond motifs is 3. The van der Waals surface area contributed by atoms with Crippen LogP contribution in [-0.4, -0.2) is 57.0 Å². The molecule has 0 bridgehead atoms. The minimum absolute atomic E-state index is 0.000915. The van der Waals surface area contributed by atoms with E-state index >= 15 is 0 Å². The van der Waals surface area contributed by atoms with E-state index in [-0.39, 0.29) is 66.4 Å². The lowest BCUT2D eigenvalue weighted by molar-refractivity contribution is 0.472. The fraction of sp³-hybridized carbons (Fsp3) is 0. The highest BCUT2D eigenvalue weighted by Gasteiger charge is 2.23. The Balaban J connectivity index is 1.35. The van der Waals surface area contributed by atoms with Crippen molar-refractivity contribution in [2.24, 2.45) is 30.7 Å². The van der Waals surface area contributed by atoms with Crippen LogP contribution in [0.4, 0.5) is 39.8 Å². The van der Waals surface area contributed by atoms with Crippen LogP contribution < -0.4 is 5.73 Å². The van der Waals surface area contributed by atoms with Crippen molar-refractivity contribution in [3.05, 3.63) is 109 Å². The van der Waals surface area contributed by atoms with E-state index in [1.54, 1.807) is 0 Å². The topological polar surface area (TPSA) is 338 Å². The van der Waals surface area contributed by atoms with Crippen molar-refractivity contribution in [1.82, 2.24) is 0 Å². The van der Waals surface area contributed by atoms with E-state index in [4.69, 9.17) is 5.73 Å². The van der Waals surface area contributed by atoms with E-state index in [1.807, 2.05) is 0 Å². The van der Waals surface area contributed by atoms with Gasteiger partial charge in [-0.25, -0.2) is 0 Å². The third-order valence-electron chi connectivity index (χ3n) is 8.74. The summed E-state index contributed by atoms with van der Waals surface area (Å²) in [6.07, 6.45) is 0. The first-order valence-electron chi connectivity index (χ1n) is 16.5. The van der Waals surface area contributed by atoms with Crippen molar-refractivity contribution in [2.75, 3.05) is 5.73 Å². The number of hydrogen-bond acceptors (Lipinski definition) is 16. The number of phenols is 1. The smallest absolute Gasteiger partial charge is 0.296 e. The van der Waals surface area contributed by atoms with Gasteiger partial charge in [0.1, 0.15) is 10.6 Å². The molecule has 0 aromatic heterocycles. The van der Waals surface area contributed by atoms with E-state index in [0.29, 0.717) is 0 Å². The molecule has 24 heteroatoms. The Hall–Kier alpha value is -6.64. The molecule has 0 saturated heterocycles. The molecule has 0 amide bonds. The molecule has 0 unspecified atom stereocenters. The lowest BCUT2D eigenvalue weighted by Crippen LogP contribution is -1.99. The molecule has 0 saturated carbocycles. The Morgan fingerprint density at radius 3 is 1.37 bits per heavy atom. The van der Waals surface area contributed by atoms with E-state index in [9.17, 15) is 57.0 Å². The summed E-state index contributed by atoms with van der Waals surface area (Å²) in [5.41, 5.74) is 5.48. The summed E-state index contributed by atoms with van der Waals surface area (Å²) in [6.45, 7) is 0. The highest BCUT2D eigenvalue weighted by molar-refractivity contribution is 7.86. The van der Waals surface area contributed by atoms with Gasteiger partial charge in [0, 0.05) is 32.6 Å². The first-order chi connectivity index (χ1) is 28.1. The molecule has 306 valence electrons. The molecule has 20 nitrogen and oxygen atoms in total. The molecular weight excluding hydrogens is 867 g/mol. The van der Waals surface area contributed by atoms with Crippen molar-refractivity contribution in [3.8, 4) is 5.75 Å². The largest absolute Gasteiger partial charge is 0.505 e. The zero-order valence-electron chi connectivity index (χ0n) is 29.8. The summed E-state index contributed by atoms with van der Waals surface area (Å²) >= 11 is 0. The highest BCUT2D eigenvalue weighted by Crippen LogP contribution is 2.44. The number of hydrogen-bond donors (Lipinski definition) is 6. The van der Waals surface area contributed by atoms with Crippen LogP contribution in [0.5, 0.6) is 5.75 Å². The van der Waals surface area contributed by atoms with Gasteiger partial charge in [-0.1, -0.05) is 18.2 Å². The summed E-state index contributed by atoms with van der Waals surface area (Å²) in [4.78, 5) is -2.33. The number of phenolic OH excluding ortho intramolecular Hbond substituents is 1. The summed E-state index contributed by atoms with van der Waals surface area (Å²) in [5, 5.41) is 36.4. The quantitative estimate of drug-likeness (QED) is 0.0425. The Bertz CT molecular complexity index is 3530. The molecule has 7 aromatic rings. The fourth-order valence-corrected chi connectivity index (χ4v) is 8.15. The maximum atomic E-state index is 12.4. The first kappa shape index (κ1) is 41.5. The van der Waals surface area contributed by atoms with E-state index < -0.39 is 71.5 Å². The summed E-state index contributed by atoms with van der Waals surface area (Å²) in [7, 11) is -19.1. The average molecular weight is 892 g/mol. The molecule has 0 heterocycles. The van der Waals surface area contributed by atoms with Crippen molar-refractivity contribution < 1.29 is 57.0 Å². The zero-order valence-corrected chi connectivity index (χ0v) is 33.1. The number of benzene rings is 7. The van der Waals surface area contributed by atoms with Crippen molar-refractivity contribution in [3.63, 3.8) is 0 Å². The van der Waals surface area contributed by atoms with Crippen LogP contribution in [0.25, 0.3) is 32.3 Å². The number of rotatable bonds is 10. The molecule has 0 fully saturated rings. The molecule has 7 N–H and O–H groups in total. The van der Waals surface area contributed by atoms with Crippen LogP contribution in [0, 0.1) is 0 Å². The molecule has 7 aromatic carbocycles. The molecule has 0 spiro atoms. The standard InChI is InChI=1S/C36H25N7O13S4/c37-20-4-7-25-19(14-20)15-34(60(54,55)56)35(36(25)44)43-42-31-11-13-33(29-18-24(59(51,52)53)6-9-27(29)31)41-40-32-12-10-30(26-8-5-23(17-28(26)32)58(48,49)50)39-38-21-2-1-3-22(16-21)57(45,46)47/h1-18,44H,37H2,(H,45,46,47)(H,48,49,50)(H,51,52,53)(H,54,55,56). The second-order valence-corrected chi connectivity index (χ2v) is 18.3. The number of nitrogen functional groups attached to an aromatic ring is 1. The van der Waals surface area contributed by atoms with Gasteiger partial charge in [-0.3, -0.25) is 18.2 Å². The van der Waals surface area contributed by atoms with E-state index in [1.165, 1.54) is 66.7 Å². The van der Waals surface area contributed by atoms with Crippen LogP contribution in [0.2, 0.25) is 0 Å². The van der Waals surface area contributed by atoms with Crippen molar-refractivity contribution in [2.45, 2.75) is 19.6 Å². The van der Waals surface area contributed by atoms with Gasteiger partial charge in [0.15, 0.2) is 5.75 Å². The van der Waals surface area contributed by atoms with E-state index in [2.05, 4.69) is 30.7 Å². The van der Waals surface area contributed by atoms with Crippen LogP contribution >= 0.6 is 0 Å². The maximum Gasteiger partial charge on any atom is 0.296 e. The lowest BCUT2D eigenvalue weighted by Gasteiger charge is -2.10. The fourth-order valence-electron chi connectivity index (χ4n) is 5.95. The van der Waals surface area contributed by atoms with Gasteiger partial charge in [-0.05, 0) is 96.4 Å². The van der Waals surface area contributed by atoms with Crippen LogP contribution in [-0.2, 0) is 40.5 Å². The molecule has 0 aliphatic heterocycles. The number of anilines is 1. The monoisotopic (exact) mass is 891 g/mol. The SMILES string of the molecule is Nc1ccc2c(O)c(N=Nc3ccc(N=Nc4ccc(N=Nc5cccc(S(=O)(=O)O)c5)c5ccc(S(=O)(=O)O)cc45)c4cc(S(=O)(=O)O)ccc34)c(S(=O)(=O)O)cc2c1. The third kappa shape index (κ3) is 8.56. The number of nitrogens with two attached hydrogens (primary N) is 1. The average Bonchev–Trinajstić information content (AvgIpc) is 3.17. The summed E-state index contributed by atoms with van der Waals surface area (Å²) < 4.78 is 135. The third-order valence-corrected chi connectivity index (χ3v) is 12.2. The van der Waals surface area contributed by atoms with Crippen LogP contribution in [0.15, 0.2) is 159 Å². The molecular formula is C36H25N7O13S4. The minimum atomic E-state index is -4.98. The normalized spacial score (nSPS) is 13.1.